The zero-order valence-corrected chi connectivity index (χ0v) is 11.9. The Morgan fingerprint density at radius 2 is 1.80 bits per heavy atom. The summed E-state index contributed by atoms with van der Waals surface area (Å²) in [7, 11) is 0. The van der Waals surface area contributed by atoms with Crippen molar-refractivity contribution in [3.05, 3.63) is 63.7 Å². The van der Waals surface area contributed by atoms with Gasteiger partial charge in [-0.15, -0.1) is 0 Å². The third kappa shape index (κ3) is 2.32. The van der Waals surface area contributed by atoms with Gasteiger partial charge in [-0.2, -0.15) is 0 Å². The number of ketones is 1. The summed E-state index contributed by atoms with van der Waals surface area (Å²) in [6.45, 7) is 0. The molecule has 0 radical (unpaired) electrons. The van der Waals surface area contributed by atoms with Crippen molar-refractivity contribution >= 4 is 23.1 Å². The lowest BCUT2D eigenvalue weighted by atomic mass is 9.89. The van der Waals surface area contributed by atoms with Crippen LogP contribution < -0.4 is 5.73 Å². The van der Waals surface area contributed by atoms with Crippen LogP contribution in [0.3, 0.4) is 0 Å². The molecule has 1 aliphatic rings. The number of hydrogen-bond acceptors (Lipinski definition) is 2. The van der Waals surface area contributed by atoms with E-state index in [0.717, 1.165) is 12.8 Å². The Morgan fingerprint density at radius 3 is 2.60 bits per heavy atom. The summed E-state index contributed by atoms with van der Waals surface area (Å²) < 4.78 is 0. The number of carbonyl (C=O) groups is 1. The number of carbonyl (C=O) groups excluding carboxylic acids is 1. The highest BCUT2D eigenvalue weighted by molar-refractivity contribution is 6.34. The van der Waals surface area contributed by atoms with Crippen LogP contribution in [0.4, 0.5) is 5.69 Å². The van der Waals surface area contributed by atoms with E-state index in [4.69, 9.17) is 17.3 Å². The van der Waals surface area contributed by atoms with E-state index in [1.54, 1.807) is 18.2 Å². The van der Waals surface area contributed by atoms with Crippen molar-refractivity contribution in [3.63, 3.8) is 0 Å². The number of rotatable bonds is 2. The molecule has 102 valence electrons. The SMILES string of the molecule is Nc1c(Cl)cccc1C(=O)c1ccc2c(c1)CCCC2. The van der Waals surface area contributed by atoms with E-state index in [2.05, 4.69) is 6.07 Å². The zero-order valence-electron chi connectivity index (χ0n) is 11.2. The number of nitrogens with two attached hydrogens (primary N) is 1. The minimum absolute atomic E-state index is 0.0571. The van der Waals surface area contributed by atoms with Crippen LogP contribution in [0.1, 0.15) is 39.9 Å². The zero-order chi connectivity index (χ0) is 14.1. The number of anilines is 1. The molecule has 0 unspecified atom stereocenters. The predicted octanol–water partition coefficient (Wildman–Crippen LogP) is 4.03. The molecule has 0 bridgehead atoms. The van der Waals surface area contributed by atoms with Crippen molar-refractivity contribution in [1.82, 2.24) is 0 Å². The van der Waals surface area contributed by atoms with Gasteiger partial charge >= 0.3 is 0 Å². The average Bonchev–Trinajstić information content (AvgIpc) is 2.49. The second-order valence-corrected chi connectivity index (χ2v) is 5.63. The number of hydrogen-bond donors (Lipinski definition) is 1. The average molecular weight is 286 g/mol. The van der Waals surface area contributed by atoms with Crippen LogP contribution in [0.5, 0.6) is 0 Å². The molecule has 2 aromatic carbocycles. The summed E-state index contributed by atoms with van der Waals surface area (Å²) in [6, 6.07) is 11.2. The van der Waals surface area contributed by atoms with Crippen LogP contribution in [0.25, 0.3) is 0 Å². The molecule has 1 aliphatic carbocycles. The van der Waals surface area contributed by atoms with Crippen molar-refractivity contribution in [3.8, 4) is 0 Å². The molecule has 0 fully saturated rings. The van der Waals surface area contributed by atoms with Gasteiger partial charge in [0.2, 0.25) is 0 Å². The molecule has 20 heavy (non-hydrogen) atoms. The number of benzene rings is 2. The normalized spacial score (nSPS) is 13.8. The van der Waals surface area contributed by atoms with Crippen LogP contribution in [0.15, 0.2) is 36.4 Å². The topological polar surface area (TPSA) is 43.1 Å². The second-order valence-electron chi connectivity index (χ2n) is 5.22. The molecule has 0 aromatic heterocycles. The molecule has 2 N–H and O–H groups in total. The molecule has 0 saturated heterocycles. The van der Waals surface area contributed by atoms with E-state index in [1.165, 1.54) is 24.0 Å². The largest absolute Gasteiger partial charge is 0.397 e. The number of halogens is 1. The highest BCUT2D eigenvalue weighted by atomic mass is 35.5. The Balaban J connectivity index is 2.00. The van der Waals surface area contributed by atoms with Crippen molar-refractivity contribution in [2.45, 2.75) is 25.7 Å². The van der Waals surface area contributed by atoms with Crippen molar-refractivity contribution in [1.29, 1.82) is 0 Å². The van der Waals surface area contributed by atoms with Gasteiger partial charge in [0.1, 0.15) is 0 Å². The third-order valence-electron chi connectivity index (χ3n) is 3.91. The number of fused-ring (bicyclic) bond motifs is 1. The fraction of sp³-hybridized carbons (Fsp3) is 0.235. The molecule has 2 aromatic rings. The molecule has 0 spiro atoms. The first-order chi connectivity index (χ1) is 9.66. The summed E-state index contributed by atoms with van der Waals surface area (Å²) in [5.41, 5.74) is 10.1. The van der Waals surface area contributed by atoms with Crippen molar-refractivity contribution < 1.29 is 4.79 Å². The molecule has 0 aliphatic heterocycles. The maximum absolute atomic E-state index is 12.6. The van der Waals surface area contributed by atoms with E-state index >= 15 is 0 Å². The van der Waals surface area contributed by atoms with Gasteiger partial charge in [-0.05, 0) is 55.0 Å². The summed E-state index contributed by atoms with van der Waals surface area (Å²) >= 11 is 5.98. The molecule has 0 saturated carbocycles. The summed E-state index contributed by atoms with van der Waals surface area (Å²) in [5, 5.41) is 0.425. The van der Waals surface area contributed by atoms with Crippen LogP contribution in [0, 0.1) is 0 Å². The molecular weight excluding hydrogens is 270 g/mol. The fourth-order valence-corrected chi connectivity index (χ4v) is 2.94. The van der Waals surface area contributed by atoms with Crippen molar-refractivity contribution in [2.75, 3.05) is 5.73 Å². The van der Waals surface area contributed by atoms with Gasteiger partial charge < -0.3 is 5.73 Å². The second kappa shape index (κ2) is 5.29. The highest BCUT2D eigenvalue weighted by Crippen LogP contribution is 2.27. The molecule has 2 nitrogen and oxygen atoms in total. The first kappa shape index (κ1) is 13.2. The standard InChI is InChI=1S/C17H16ClNO/c18-15-7-3-6-14(16(15)19)17(20)13-9-8-11-4-1-2-5-12(11)10-13/h3,6-10H,1-2,4-5,19H2. The summed E-state index contributed by atoms with van der Waals surface area (Å²) in [5.74, 6) is -0.0571. The Labute approximate surface area is 123 Å². The maximum atomic E-state index is 12.6. The quantitative estimate of drug-likeness (QED) is 0.669. The lowest BCUT2D eigenvalue weighted by molar-refractivity contribution is 0.103. The highest BCUT2D eigenvalue weighted by Gasteiger charge is 2.16. The predicted molar refractivity (Wildman–Crippen MR) is 82.4 cm³/mol. The Morgan fingerprint density at radius 1 is 1.05 bits per heavy atom. The minimum Gasteiger partial charge on any atom is -0.397 e. The smallest absolute Gasteiger partial charge is 0.195 e. The van der Waals surface area contributed by atoms with Gasteiger partial charge in [0.15, 0.2) is 5.78 Å². The van der Waals surface area contributed by atoms with E-state index < -0.39 is 0 Å². The van der Waals surface area contributed by atoms with Crippen LogP contribution in [0.2, 0.25) is 5.02 Å². The van der Waals surface area contributed by atoms with Gasteiger partial charge in [0.25, 0.3) is 0 Å². The Bertz CT molecular complexity index is 679. The first-order valence-electron chi connectivity index (χ1n) is 6.87. The molecular formula is C17H16ClNO. The monoisotopic (exact) mass is 285 g/mol. The van der Waals surface area contributed by atoms with Gasteiger partial charge in [-0.3, -0.25) is 4.79 Å². The third-order valence-corrected chi connectivity index (χ3v) is 4.24. The number of aryl methyl sites for hydroxylation is 2. The number of para-hydroxylation sites is 1. The molecule has 0 amide bonds. The molecule has 3 heteroatoms. The summed E-state index contributed by atoms with van der Waals surface area (Å²) in [6.07, 6.45) is 4.61. The van der Waals surface area contributed by atoms with E-state index in [-0.39, 0.29) is 5.78 Å². The maximum Gasteiger partial charge on any atom is 0.195 e. The Hall–Kier alpha value is -1.80. The van der Waals surface area contributed by atoms with E-state index in [0.29, 0.717) is 21.8 Å². The lowest BCUT2D eigenvalue weighted by Crippen LogP contribution is -2.09. The molecule has 0 atom stereocenters. The first-order valence-corrected chi connectivity index (χ1v) is 7.25. The van der Waals surface area contributed by atoms with E-state index in [9.17, 15) is 4.79 Å². The lowest BCUT2D eigenvalue weighted by Gasteiger charge is -2.16. The van der Waals surface area contributed by atoms with Crippen LogP contribution >= 0.6 is 11.6 Å². The minimum atomic E-state index is -0.0571. The fourth-order valence-electron chi connectivity index (χ4n) is 2.77. The Kier molecular flexibility index (Phi) is 3.49. The number of nitrogen functional groups attached to an aromatic ring is 1. The van der Waals surface area contributed by atoms with Gasteiger partial charge in [0, 0.05) is 11.1 Å². The van der Waals surface area contributed by atoms with Gasteiger partial charge in [0.05, 0.1) is 10.7 Å². The van der Waals surface area contributed by atoms with Crippen LogP contribution in [-0.4, -0.2) is 5.78 Å². The van der Waals surface area contributed by atoms with E-state index in [1.807, 2.05) is 12.1 Å². The van der Waals surface area contributed by atoms with Crippen molar-refractivity contribution in [2.24, 2.45) is 0 Å². The van der Waals surface area contributed by atoms with Gasteiger partial charge in [-0.25, -0.2) is 0 Å². The van der Waals surface area contributed by atoms with Crippen LogP contribution in [-0.2, 0) is 12.8 Å². The molecule has 0 heterocycles. The summed E-state index contributed by atoms with van der Waals surface area (Å²) in [4.78, 5) is 12.6. The van der Waals surface area contributed by atoms with Gasteiger partial charge in [-0.1, -0.05) is 29.8 Å². The molecule has 3 rings (SSSR count).